The summed E-state index contributed by atoms with van der Waals surface area (Å²) in [6.07, 6.45) is 5.44. The molecule has 0 aliphatic carbocycles. The lowest BCUT2D eigenvalue weighted by atomic mass is 9.97. The molecule has 0 radical (unpaired) electrons. The first-order valence-corrected chi connectivity index (χ1v) is 32.8. The molecule has 17 aromatic rings. The zero-order valence-electron chi connectivity index (χ0n) is 54.6. The molecule has 0 amide bonds. The summed E-state index contributed by atoms with van der Waals surface area (Å²) in [5.41, 5.74) is 18.5. The van der Waals surface area contributed by atoms with Crippen LogP contribution in [0.5, 0.6) is 0 Å². The van der Waals surface area contributed by atoms with E-state index >= 15 is 0 Å². The normalized spacial score (nSPS) is 11.0. The third-order valence-corrected chi connectivity index (χ3v) is 17.3. The fourth-order valence-corrected chi connectivity index (χ4v) is 12.3. The van der Waals surface area contributed by atoms with Gasteiger partial charge in [-0.15, -0.1) is 0 Å². The molecule has 5 aromatic heterocycles. The van der Waals surface area contributed by atoms with Crippen LogP contribution in [0.3, 0.4) is 0 Å². The molecule has 470 valence electrons. The summed E-state index contributed by atoms with van der Waals surface area (Å²) >= 11 is 0. The van der Waals surface area contributed by atoms with Crippen LogP contribution in [0.2, 0.25) is 0 Å². The average molecular weight is 1270 g/mol. The van der Waals surface area contributed by atoms with Crippen LogP contribution in [0.25, 0.3) is 156 Å². The molecular formula is C88H63N11. The van der Waals surface area contributed by atoms with E-state index in [4.69, 9.17) is 15.0 Å². The molecule has 11 heteroatoms. The van der Waals surface area contributed by atoms with Gasteiger partial charge >= 0.3 is 0 Å². The molecule has 0 fully saturated rings. The van der Waals surface area contributed by atoms with Crippen molar-refractivity contribution in [2.45, 2.75) is 20.8 Å². The second-order valence-corrected chi connectivity index (χ2v) is 23.9. The third-order valence-electron chi connectivity index (χ3n) is 17.3. The Hall–Kier alpha value is -13.3. The Bertz CT molecular complexity index is 5400. The lowest BCUT2D eigenvalue weighted by molar-refractivity contribution is 0.991. The van der Waals surface area contributed by atoms with Crippen LogP contribution in [0.4, 0.5) is 0 Å². The molecule has 12 aromatic carbocycles. The highest BCUT2D eigenvalue weighted by molar-refractivity contribution is 5.98. The Labute approximate surface area is 574 Å². The molecule has 17 rings (SSSR count). The summed E-state index contributed by atoms with van der Waals surface area (Å²) in [5, 5.41) is 6.11. The van der Waals surface area contributed by atoms with Crippen molar-refractivity contribution in [1.82, 2.24) is 54.8 Å². The minimum Gasteiger partial charge on any atom is -0.265 e. The van der Waals surface area contributed by atoms with Gasteiger partial charge in [-0.1, -0.05) is 291 Å². The predicted octanol–water partition coefficient (Wildman–Crippen LogP) is 21.1. The summed E-state index contributed by atoms with van der Waals surface area (Å²) < 4.78 is 0. The molecule has 0 spiro atoms. The fourth-order valence-electron chi connectivity index (χ4n) is 12.3. The molecule has 0 aliphatic heterocycles. The predicted molar refractivity (Wildman–Crippen MR) is 402 cm³/mol. The summed E-state index contributed by atoms with van der Waals surface area (Å²) in [4.78, 5) is 50.4. The van der Waals surface area contributed by atoms with Crippen molar-refractivity contribution in [3.05, 3.63) is 345 Å². The van der Waals surface area contributed by atoms with Crippen LogP contribution < -0.4 is 0 Å². The Morgan fingerprint density at radius 1 is 0.182 bits per heavy atom. The zero-order chi connectivity index (χ0) is 66.9. The van der Waals surface area contributed by atoms with Crippen LogP contribution in [0.15, 0.2) is 328 Å². The molecule has 0 bridgehead atoms. The second-order valence-electron chi connectivity index (χ2n) is 23.9. The molecule has 11 nitrogen and oxygen atoms in total. The number of hydrogen-bond acceptors (Lipinski definition) is 11. The van der Waals surface area contributed by atoms with Crippen LogP contribution in [0.1, 0.15) is 17.5 Å². The Morgan fingerprint density at radius 2 is 0.455 bits per heavy atom. The Balaban J connectivity index is 0.000000122. The van der Waals surface area contributed by atoms with Crippen molar-refractivity contribution in [2.24, 2.45) is 0 Å². The van der Waals surface area contributed by atoms with Crippen molar-refractivity contribution in [3.8, 4) is 124 Å². The average Bonchev–Trinajstić information content (AvgIpc) is 0.829. The number of aromatic nitrogens is 11. The van der Waals surface area contributed by atoms with E-state index in [1.54, 1.807) is 12.4 Å². The van der Waals surface area contributed by atoms with Crippen molar-refractivity contribution in [3.63, 3.8) is 0 Å². The zero-order valence-corrected chi connectivity index (χ0v) is 54.6. The standard InChI is InChI=1S/C32H23N3.C31H22N4.C25H18N4/c1-22-33-31(27-18-14-24(15-19-27)23-8-3-2-4-9-23)35-32(34-22)28-20-16-26(17-21-28)30-13-7-11-25-10-5-6-12-29(25)30;1-21-33-30(26-13-9-22(10-14-26)23-17-19-32-20-18-23)35-31(34-21)27-15-11-25(12-16-27)29-8-4-6-24-5-2-3-7-28(24)29;1-17-27-24(20-7-3-2-4-8-20)29-25(28-17)21-14-12-18(13-15-21)22-11-5-9-19-10-6-16-26-23(19)22/h2-21H,1H3;2-20H,1H3;2-16H,1H3. The van der Waals surface area contributed by atoms with Crippen LogP contribution in [0, 0.1) is 20.8 Å². The van der Waals surface area contributed by atoms with Gasteiger partial charge in [0.05, 0.1) is 5.52 Å². The molecule has 0 unspecified atom stereocenters. The van der Waals surface area contributed by atoms with Crippen LogP contribution in [-0.2, 0) is 0 Å². The van der Waals surface area contributed by atoms with Gasteiger partial charge < -0.3 is 0 Å². The van der Waals surface area contributed by atoms with Gasteiger partial charge in [0.1, 0.15) is 17.5 Å². The van der Waals surface area contributed by atoms with Crippen molar-refractivity contribution in [1.29, 1.82) is 0 Å². The SMILES string of the molecule is Cc1nc(-c2ccc(-c3ccccc3)cc2)nc(-c2ccc(-c3cccc4ccccc34)cc2)n1.Cc1nc(-c2ccc(-c3ccncc3)cc2)nc(-c2ccc(-c3cccc4ccccc34)cc2)n1.Cc1nc(-c2ccccc2)nc(-c2ccc(-c3cccc4cccnc34)cc2)n1. The highest BCUT2D eigenvalue weighted by atomic mass is 15.0. The van der Waals surface area contributed by atoms with E-state index in [9.17, 15) is 0 Å². The minimum atomic E-state index is 0.673. The van der Waals surface area contributed by atoms with E-state index in [1.807, 2.05) is 81.6 Å². The summed E-state index contributed by atoms with van der Waals surface area (Å²) in [6.45, 7) is 5.72. The molecule has 0 N–H and O–H groups in total. The van der Waals surface area contributed by atoms with Crippen LogP contribution >= 0.6 is 0 Å². The minimum absolute atomic E-state index is 0.673. The van der Waals surface area contributed by atoms with E-state index in [-0.39, 0.29) is 0 Å². The van der Waals surface area contributed by atoms with E-state index in [1.165, 1.54) is 54.9 Å². The number of nitrogens with zero attached hydrogens (tertiary/aromatic N) is 11. The van der Waals surface area contributed by atoms with E-state index in [0.29, 0.717) is 52.4 Å². The summed E-state index contributed by atoms with van der Waals surface area (Å²) in [6, 6.07) is 106. The number of aryl methyl sites for hydroxylation is 3. The highest BCUT2D eigenvalue weighted by Gasteiger charge is 2.15. The van der Waals surface area contributed by atoms with Gasteiger partial charge in [0, 0.05) is 62.9 Å². The Morgan fingerprint density at radius 3 is 0.859 bits per heavy atom. The van der Waals surface area contributed by atoms with Gasteiger partial charge in [-0.2, -0.15) is 0 Å². The molecule has 0 saturated heterocycles. The second kappa shape index (κ2) is 28.4. The number of rotatable bonds is 11. The molecule has 0 saturated carbocycles. The smallest absolute Gasteiger partial charge is 0.163 e. The molecule has 0 aliphatic rings. The topological polar surface area (TPSA) is 142 Å². The van der Waals surface area contributed by atoms with E-state index < -0.39 is 0 Å². The molecule has 99 heavy (non-hydrogen) atoms. The fraction of sp³-hybridized carbons (Fsp3) is 0.0341. The van der Waals surface area contributed by atoms with Crippen molar-refractivity contribution >= 4 is 32.4 Å². The van der Waals surface area contributed by atoms with Gasteiger partial charge in [0.25, 0.3) is 0 Å². The van der Waals surface area contributed by atoms with Crippen molar-refractivity contribution < 1.29 is 0 Å². The molecule has 5 heterocycles. The van der Waals surface area contributed by atoms with Gasteiger partial charge in [-0.3, -0.25) is 9.97 Å². The van der Waals surface area contributed by atoms with Gasteiger partial charge in [-0.05, 0) is 111 Å². The summed E-state index contributed by atoms with van der Waals surface area (Å²) in [5.74, 6) is 6.19. The van der Waals surface area contributed by atoms with Gasteiger partial charge in [0.15, 0.2) is 34.9 Å². The van der Waals surface area contributed by atoms with Gasteiger partial charge in [-0.25, -0.2) is 44.9 Å². The van der Waals surface area contributed by atoms with E-state index in [0.717, 1.165) is 66.5 Å². The maximum Gasteiger partial charge on any atom is 0.163 e. The number of para-hydroxylation sites is 1. The maximum absolute atomic E-state index is 4.81. The number of hydrogen-bond donors (Lipinski definition) is 0. The monoisotopic (exact) mass is 1270 g/mol. The molecular weight excluding hydrogens is 1210 g/mol. The van der Waals surface area contributed by atoms with Gasteiger partial charge in [0.2, 0.25) is 0 Å². The highest BCUT2D eigenvalue weighted by Crippen LogP contribution is 2.35. The lowest BCUT2D eigenvalue weighted by Gasteiger charge is -2.09. The Kier molecular flexibility index (Phi) is 17.7. The first kappa shape index (κ1) is 61.9. The number of fused-ring (bicyclic) bond motifs is 3. The first-order valence-electron chi connectivity index (χ1n) is 32.8. The lowest BCUT2D eigenvalue weighted by Crippen LogP contribution is -1.99. The van der Waals surface area contributed by atoms with E-state index in [2.05, 4.69) is 295 Å². The maximum atomic E-state index is 4.81. The van der Waals surface area contributed by atoms with Crippen molar-refractivity contribution in [2.75, 3.05) is 0 Å². The quantitative estimate of drug-likeness (QED) is 0.122. The van der Waals surface area contributed by atoms with Crippen LogP contribution in [-0.4, -0.2) is 54.8 Å². The number of pyridine rings is 2. The summed E-state index contributed by atoms with van der Waals surface area (Å²) in [7, 11) is 0. The molecule has 0 atom stereocenters. The first-order chi connectivity index (χ1) is 48.8. The largest absolute Gasteiger partial charge is 0.265 e. The number of benzene rings is 12. The third kappa shape index (κ3) is 14.0.